The zero-order chi connectivity index (χ0) is 19.0. The molecular formula is C20H21N3O4. The third-order valence-electron chi connectivity index (χ3n) is 5.95. The highest BCUT2D eigenvalue weighted by atomic mass is 16.6. The average molecular weight is 367 g/mol. The molecule has 3 atom stereocenters. The molecule has 1 aromatic heterocycles. The molecule has 2 aliphatic rings. The van der Waals surface area contributed by atoms with E-state index in [0.717, 1.165) is 12.8 Å². The first kappa shape index (κ1) is 17.5. The second-order valence-electron chi connectivity index (χ2n) is 7.58. The van der Waals surface area contributed by atoms with E-state index < -0.39 is 4.92 Å². The van der Waals surface area contributed by atoms with Crippen LogP contribution in [0.5, 0.6) is 0 Å². The predicted molar refractivity (Wildman–Crippen MR) is 100 cm³/mol. The Morgan fingerprint density at radius 1 is 1.37 bits per heavy atom. The van der Waals surface area contributed by atoms with Crippen molar-refractivity contribution in [2.24, 2.45) is 22.4 Å². The van der Waals surface area contributed by atoms with Gasteiger partial charge >= 0.3 is 0 Å². The van der Waals surface area contributed by atoms with Crippen molar-refractivity contribution in [3.05, 3.63) is 52.3 Å². The molecule has 0 bridgehead atoms. The number of furan rings is 1. The summed E-state index contributed by atoms with van der Waals surface area (Å²) in [5.74, 6) is 1.51. The smallest absolute Gasteiger partial charge is 0.270 e. The highest BCUT2D eigenvalue weighted by Gasteiger charge is 2.64. The maximum Gasteiger partial charge on any atom is 0.270 e. The van der Waals surface area contributed by atoms with Gasteiger partial charge in [0.25, 0.3) is 5.69 Å². The number of carbonyl (C=O) groups excluding carboxylic acids is 1. The number of amides is 1. The summed E-state index contributed by atoms with van der Waals surface area (Å²) >= 11 is 0. The zero-order valence-corrected chi connectivity index (χ0v) is 15.1. The first-order valence-corrected chi connectivity index (χ1v) is 9.16. The molecule has 27 heavy (non-hydrogen) atoms. The predicted octanol–water partition coefficient (Wildman–Crippen LogP) is 4.13. The van der Waals surface area contributed by atoms with Gasteiger partial charge in [0.15, 0.2) is 0 Å². The lowest BCUT2D eigenvalue weighted by Crippen LogP contribution is -2.22. The van der Waals surface area contributed by atoms with Crippen LogP contribution in [-0.2, 0) is 4.79 Å². The Hall–Kier alpha value is -2.96. The van der Waals surface area contributed by atoms with E-state index >= 15 is 0 Å². The Bertz CT molecular complexity index is 919. The summed E-state index contributed by atoms with van der Waals surface area (Å²) in [7, 11) is 0. The van der Waals surface area contributed by atoms with Gasteiger partial charge in [0.05, 0.1) is 11.1 Å². The van der Waals surface area contributed by atoms with Crippen LogP contribution in [0.25, 0.3) is 11.3 Å². The van der Waals surface area contributed by atoms with Crippen LogP contribution >= 0.6 is 0 Å². The number of non-ortho nitro benzene ring substituents is 1. The third kappa shape index (κ3) is 3.25. The van der Waals surface area contributed by atoms with E-state index in [1.165, 1.54) is 31.2 Å². The van der Waals surface area contributed by atoms with Gasteiger partial charge in [0.2, 0.25) is 5.91 Å². The van der Waals surface area contributed by atoms with E-state index in [-0.39, 0.29) is 22.9 Å². The lowest BCUT2D eigenvalue weighted by Gasteiger charge is -2.15. The lowest BCUT2D eigenvalue weighted by atomic mass is 9.90. The van der Waals surface area contributed by atoms with Gasteiger partial charge in [-0.25, -0.2) is 5.43 Å². The monoisotopic (exact) mass is 367 g/mol. The molecule has 2 aliphatic carbocycles. The maximum atomic E-state index is 12.4. The molecule has 2 fully saturated rings. The van der Waals surface area contributed by atoms with Crippen LogP contribution in [0.4, 0.5) is 5.69 Å². The normalized spacial score (nSPS) is 26.6. The molecule has 0 spiro atoms. The van der Waals surface area contributed by atoms with Crippen molar-refractivity contribution in [2.75, 3.05) is 0 Å². The molecule has 0 saturated heterocycles. The topological polar surface area (TPSA) is 97.7 Å². The average Bonchev–Trinajstić information content (AvgIpc) is 3.03. The molecule has 0 aliphatic heterocycles. The number of carbonyl (C=O) groups is 1. The number of rotatable bonds is 5. The fourth-order valence-corrected chi connectivity index (χ4v) is 4.43. The number of nitrogens with zero attached hydrogens (tertiary/aromatic N) is 2. The van der Waals surface area contributed by atoms with Gasteiger partial charge in [-0.1, -0.05) is 31.9 Å². The van der Waals surface area contributed by atoms with Gasteiger partial charge in [-0.2, -0.15) is 5.10 Å². The van der Waals surface area contributed by atoms with E-state index in [9.17, 15) is 14.9 Å². The number of hydrogen-bond acceptors (Lipinski definition) is 5. The van der Waals surface area contributed by atoms with Gasteiger partial charge in [-0.05, 0) is 36.3 Å². The summed E-state index contributed by atoms with van der Waals surface area (Å²) in [5, 5.41) is 14.9. The van der Waals surface area contributed by atoms with Crippen LogP contribution in [0.1, 0.15) is 38.4 Å². The molecule has 2 saturated carbocycles. The largest absolute Gasteiger partial charge is 0.455 e. The van der Waals surface area contributed by atoms with Crippen molar-refractivity contribution >= 4 is 17.8 Å². The molecule has 7 nitrogen and oxygen atoms in total. The molecule has 2 aromatic rings. The van der Waals surface area contributed by atoms with E-state index in [0.29, 0.717) is 23.0 Å². The molecule has 0 unspecified atom stereocenters. The van der Waals surface area contributed by atoms with Crippen LogP contribution in [0.2, 0.25) is 0 Å². The number of nitrogens with one attached hydrogen (secondary N) is 1. The minimum absolute atomic E-state index is 0.00535. The Morgan fingerprint density at radius 3 is 2.96 bits per heavy atom. The Kier molecular flexibility index (Phi) is 4.30. The van der Waals surface area contributed by atoms with Crippen LogP contribution < -0.4 is 5.43 Å². The molecular weight excluding hydrogens is 346 g/mol. The van der Waals surface area contributed by atoms with Crippen LogP contribution in [-0.4, -0.2) is 17.0 Å². The SMILES string of the molecule is C[C@]12CCCC[C@@H]1[C@H]2C(=O)N/N=C/c1ccc(-c2cccc([N+](=O)[O-])c2)o1. The van der Waals surface area contributed by atoms with Crippen molar-refractivity contribution < 1.29 is 14.1 Å². The first-order chi connectivity index (χ1) is 13.0. The van der Waals surface area contributed by atoms with E-state index in [1.54, 1.807) is 24.3 Å². The maximum absolute atomic E-state index is 12.4. The van der Waals surface area contributed by atoms with Crippen molar-refractivity contribution in [3.8, 4) is 11.3 Å². The minimum atomic E-state index is -0.444. The summed E-state index contributed by atoms with van der Waals surface area (Å²) in [6, 6.07) is 9.67. The third-order valence-corrected chi connectivity index (χ3v) is 5.95. The molecule has 1 amide bonds. The number of hydrazone groups is 1. The summed E-state index contributed by atoms with van der Waals surface area (Å²) < 4.78 is 5.65. The van der Waals surface area contributed by atoms with Crippen molar-refractivity contribution in [2.45, 2.75) is 32.6 Å². The number of nitro benzene ring substituents is 1. The Labute approximate surface area is 156 Å². The summed E-state index contributed by atoms with van der Waals surface area (Å²) in [5.41, 5.74) is 3.40. The van der Waals surface area contributed by atoms with E-state index in [1.807, 2.05) is 0 Å². The van der Waals surface area contributed by atoms with Gasteiger partial charge in [0.1, 0.15) is 11.5 Å². The van der Waals surface area contributed by atoms with Crippen molar-refractivity contribution in [1.82, 2.24) is 5.43 Å². The fourth-order valence-electron chi connectivity index (χ4n) is 4.43. The Balaban J connectivity index is 1.39. The van der Waals surface area contributed by atoms with Gasteiger partial charge in [-0.3, -0.25) is 14.9 Å². The summed E-state index contributed by atoms with van der Waals surface area (Å²) in [6.07, 6.45) is 6.10. The minimum Gasteiger partial charge on any atom is -0.455 e. The van der Waals surface area contributed by atoms with E-state index in [2.05, 4.69) is 17.5 Å². The Morgan fingerprint density at radius 2 is 2.22 bits per heavy atom. The molecule has 140 valence electrons. The molecule has 1 aromatic carbocycles. The number of benzene rings is 1. The quantitative estimate of drug-likeness (QED) is 0.488. The highest BCUT2D eigenvalue weighted by Crippen LogP contribution is 2.66. The number of hydrogen-bond donors (Lipinski definition) is 1. The fraction of sp³-hybridized carbons (Fsp3) is 0.400. The van der Waals surface area contributed by atoms with Gasteiger partial charge < -0.3 is 4.42 Å². The van der Waals surface area contributed by atoms with Crippen LogP contribution in [0.3, 0.4) is 0 Å². The van der Waals surface area contributed by atoms with Gasteiger partial charge in [-0.15, -0.1) is 0 Å². The zero-order valence-electron chi connectivity index (χ0n) is 15.1. The van der Waals surface area contributed by atoms with Gasteiger partial charge in [0, 0.05) is 23.6 Å². The second-order valence-corrected chi connectivity index (χ2v) is 7.58. The first-order valence-electron chi connectivity index (χ1n) is 9.16. The standard InChI is InChI=1S/C20H21N3O4/c1-20-10-3-2-7-16(20)18(20)19(24)22-21-12-15-8-9-17(27-15)13-5-4-6-14(11-13)23(25)26/h4-6,8-9,11-12,16,18H,2-3,7,10H2,1H3,(H,22,24)/b21-12+/t16-,18+,20+/m1/s1. The van der Waals surface area contributed by atoms with Crippen molar-refractivity contribution in [1.29, 1.82) is 0 Å². The van der Waals surface area contributed by atoms with E-state index in [4.69, 9.17) is 4.42 Å². The molecule has 0 radical (unpaired) electrons. The number of nitro groups is 1. The van der Waals surface area contributed by atoms with Crippen LogP contribution in [0, 0.1) is 27.4 Å². The van der Waals surface area contributed by atoms with Crippen LogP contribution in [0.15, 0.2) is 45.9 Å². The second kappa shape index (κ2) is 6.64. The summed E-state index contributed by atoms with van der Waals surface area (Å²) in [4.78, 5) is 22.8. The molecule has 1 heterocycles. The molecule has 7 heteroatoms. The summed E-state index contributed by atoms with van der Waals surface area (Å²) in [6.45, 7) is 2.20. The molecule has 1 N–H and O–H groups in total. The molecule has 4 rings (SSSR count). The number of fused-ring (bicyclic) bond motifs is 1. The highest BCUT2D eigenvalue weighted by molar-refractivity contribution is 5.85. The van der Waals surface area contributed by atoms with Crippen molar-refractivity contribution in [3.63, 3.8) is 0 Å². The lowest BCUT2D eigenvalue weighted by molar-refractivity contribution is -0.384.